The lowest BCUT2D eigenvalue weighted by Gasteiger charge is -2.16. The Morgan fingerprint density at radius 3 is 1.12 bits per heavy atom. The van der Waals surface area contributed by atoms with Gasteiger partial charge < -0.3 is 10.4 Å². The molecule has 2 saturated heterocycles. The Labute approximate surface area is 141 Å². The largest absolute Gasteiger partial charge is 0.567 e. The number of nitro groups is 2. The van der Waals surface area contributed by atoms with E-state index < -0.39 is 50.2 Å². The van der Waals surface area contributed by atoms with Crippen LogP contribution in [0, 0.1) is 30.6 Å². The molecule has 0 aromatic carbocycles. The second-order valence-electron chi connectivity index (χ2n) is 8.59. The van der Waals surface area contributed by atoms with Crippen molar-refractivity contribution < 1.29 is 19.6 Å². The van der Waals surface area contributed by atoms with E-state index in [4.69, 9.17) is 0 Å². The zero-order valence-corrected chi connectivity index (χ0v) is 16.4. The first-order chi connectivity index (χ1) is 10.8. The van der Waals surface area contributed by atoms with Gasteiger partial charge in [0.25, 0.3) is 24.2 Å². The molecule has 0 saturated carbocycles. The van der Waals surface area contributed by atoms with Gasteiger partial charge in [0.05, 0.1) is 16.1 Å². The molecule has 24 heavy (non-hydrogen) atoms. The molecule has 0 N–H and O–H groups in total. The number of hydrogen-bond acceptors (Lipinski definition) is 6. The highest BCUT2D eigenvalue weighted by Crippen LogP contribution is 2.36. The maximum atomic E-state index is 12.6. The van der Waals surface area contributed by atoms with Gasteiger partial charge in [0.2, 0.25) is 0 Å². The van der Waals surface area contributed by atoms with Crippen LogP contribution in [0.2, 0.25) is 50.4 Å². The second-order valence-corrected chi connectivity index (χ2v) is 18.9. The van der Waals surface area contributed by atoms with Crippen molar-refractivity contribution in [3.8, 4) is 0 Å². The van der Waals surface area contributed by atoms with Crippen LogP contribution in [0.15, 0.2) is 0 Å². The van der Waals surface area contributed by atoms with Crippen molar-refractivity contribution in [3.63, 3.8) is 0 Å². The minimum Gasteiger partial charge on any atom is -0.567 e. The standard InChI is InChI=1S/C12H24N4O6Si2/c1-23(2)5-9(11(7-23)15(19)20)13(17)14(18)10-6-24(3,4)8-12(10)16(21)22/h9-12H,5-8H2,1-4H3/b14-13+/t9-,10-,11+,12+/m1/s1. The molecule has 2 rings (SSSR count). The van der Waals surface area contributed by atoms with Crippen molar-refractivity contribution in [2.45, 2.75) is 74.5 Å². The van der Waals surface area contributed by atoms with E-state index in [1.165, 1.54) is 0 Å². The van der Waals surface area contributed by atoms with Crippen molar-refractivity contribution in [2.75, 3.05) is 0 Å². The normalized spacial score (nSPS) is 35.5. The topological polar surface area (TPSA) is 138 Å². The summed E-state index contributed by atoms with van der Waals surface area (Å²) in [4.78, 5) is 21.9. The summed E-state index contributed by atoms with van der Waals surface area (Å²) in [6, 6.07) is -2.76. The summed E-state index contributed by atoms with van der Waals surface area (Å²) < 4.78 is 0. The predicted molar refractivity (Wildman–Crippen MR) is 90.6 cm³/mol. The lowest BCUT2D eigenvalue weighted by atomic mass is 10.2. The molecule has 0 aromatic rings. The van der Waals surface area contributed by atoms with Crippen LogP contribution in [0.3, 0.4) is 0 Å². The fourth-order valence-electron chi connectivity index (χ4n) is 4.15. The summed E-state index contributed by atoms with van der Waals surface area (Å²) in [6.45, 7) is 7.83. The van der Waals surface area contributed by atoms with Crippen LogP contribution in [0.4, 0.5) is 0 Å². The molecule has 2 aliphatic heterocycles. The summed E-state index contributed by atoms with van der Waals surface area (Å²) in [5.41, 5.74) is 0. The van der Waals surface area contributed by atoms with Crippen LogP contribution in [0.1, 0.15) is 0 Å². The van der Waals surface area contributed by atoms with Gasteiger partial charge in [0.15, 0.2) is 0 Å². The first-order valence-corrected chi connectivity index (χ1v) is 14.9. The molecule has 0 bridgehead atoms. The monoisotopic (exact) mass is 376 g/mol. The molecule has 0 aromatic heterocycles. The van der Waals surface area contributed by atoms with Crippen molar-refractivity contribution in [3.05, 3.63) is 30.6 Å². The van der Waals surface area contributed by atoms with E-state index >= 15 is 0 Å². The van der Waals surface area contributed by atoms with Gasteiger partial charge in [-0.3, -0.25) is 20.2 Å². The number of rotatable bonds is 4. The third-order valence-electron chi connectivity index (χ3n) is 5.24. The van der Waals surface area contributed by atoms with Crippen molar-refractivity contribution in [2.24, 2.45) is 0 Å². The van der Waals surface area contributed by atoms with E-state index in [0.29, 0.717) is 24.2 Å². The summed E-state index contributed by atoms with van der Waals surface area (Å²) >= 11 is 0. The fraction of sp³-hybridized carbons (Fsp3) is 1.00. The summed E-state index contributed by atoms with van der Waals surface area (Å²) in [5.74, 6) is 0. The van der Waals surface area contributed by atoms with Gasteiger partial charge in [-0.25, -0.2) is 0 Å². The molecule has 136 valence electrons. The summed E-state index contributed by atoms with van der Waals surface area (Å²) in [5, 5.41) is 47.6. The molecule has 0 radical (unpaired) electrons. The molecule has 12 heteroatoms. The Kier molecular flexibility index (Phi) is 4.74. The first kappa shape index (κ1) is 18.8. The third kappa shape index (κ3) is 3.58. The highest BCUT2D eigenvalue weighted by molar-refractivity contribution is 6.78. The zero-order chi connectivity index (χ0) is 18.4. The second kappa shape index (κ2) is 6.06. The summed E-state index contributed by atoms with van der Waals surface area (Å²) in [6.07, 6.45) is 0. The van der Waals surface area contributed by atoms with Crippen LogP contribution < -0.4 is 0 Å². The molecule has 4 atom stereocenters. The fourth-order valence-corrected chi connectivity index (χ4v) is 10.7. The van der Waals surface area contributed by atoms with Crippen LogP contribution >= 0.6 is 0 Å². The van der Waals surface area contributed by atoms with Gasteiger partial charge in [-0.1, -0.05) is 26.2 Å². The van der Waals surface area contributed by atoms with E-state index in [1.54, 1.807) is 0 Å². The van der Waals surface area contributed by atoms with Crippen LogP contribution in [0.5, 0.6) is 0 Å². The van der Waals surface area contributed by atoms with Gasteiger partial charge in [-0.2, -0.15) is 0 Å². The van der Waals surface area contributed by atoms with Gasteiger partial charge in [-0.15, -0.1) is 0 Å². The highest BCUT2D eigenvalue weighted by atomic mass is 28.3. The van der Waals surface area contributed by atoms with Crippen LogP contribution in [-0.4, -0.2) is 59.9 Å². The molecule has 0 aliphatic carbocycles. The Morgan fingerprint density at radius 1 is 0.625 bits per heavy atom. The van der Waals surface area contributed by atoms with Crippen molar-refractivity contribution in [1.82, 2.24) is 0 Å². The molecular weight excluding hydrogens is 352 g/mol. The number of hydroxylamine groups is 2. The van der Waals surface area contributed by atoms with Gasteiger partial charge in [0.1, 0.15) is 0 Å². The van der Waals surface area contributed by atoms with Crippen LogP contribution in [0.25, 0.3) is 0 Å². The van der Waals surface area contributed by atoms with E-state index in [9.17, 15) is 30.6 Å². The van der Waals surface area contributed by atoms with E-state index in [0.717, 1.165) is 0 Å². The lowest BCUT2D eigenvalue weighted by Crippen LogP contribution is -2.44. The average Bonchev–Trinajstić information content (AvgIpc) is 2.93. The number of hydrogen-bond donors (Lipinski definition) is 0. The molecule has 2 aliphatic rings. The molecule has 0 amide bonds. The molecule has 2 heterocycles. The minimum atomic E-state index is -1.92. The number of nitrogens with zero attached hydrogens (tertiary/aromatic N) is 4. The van der Waals surface area contributed by atoms with Crippen LogP contribution in [-0.2, 0) is 0 Å². The quantitative estimate of drug-likeness (QED) is 0.241. The van der Waals surface area contributed by atoms with Crippen molar-refractivity contribution in [1.29, 1.82) is 0 Å². The predicted octanol–water partition coefficient (Wildman–Crippen LogP) is 1.93. The Hall–Kier alpha value is -1.57. The molecule has 10 nitrogen and oxygen atoms in total. The average molecular weight is 377 g/mol. The molecule has 0 unspecified atom stereocenters. The Morgan fingerprint density at radius 2 is 0.875 bits per heavy atom. The summed E-state index contributed by atoms with van der Waals surface area (Å²) in [7, 11) is -3.84. The zero-order valence-electron chi connectivity index (χ0n) is 14.4. The molecular formula is C12H24N4O6Si2. The van der Waals surface area contributed by atoms with E-state index in [-0.39, 0.29) is 9.72 Å². The maximum Gasteiger partial charge on any atom is 0.292 e. The SMILES string of the molecule is C[Si]1(C)C[C@@H](/[N+]([O-])=[N+](\[O-])[C@@H]2C[Si](C)(C)C[C@@H]2[N+](=O)[O-])[C@@H]([N+](=O)[O-])C1. The van der Waals surface area contributed by atoms with E-state index in [2.05, 4.69) is 0 Å². The van der Waals surface area contributed by atoms with Gasteiger partial charge >= 0.3 is 0 Å². The molecule has 2 fully saturated rings. The maximum absolute atomic E-state index is 12.6. The lowest BCUT2D eigenvalue weighted by molar-refractivity contribution is -1.00. The van der Waals surface area contributed by atoms with Gasteiger partial charge in [-0.05, 0) is 0 Å². The third-order valence-corrected chi connectivity index (χ3v) is 11.3. The smallest absolute Gasteiger partial charge is 0.292 e. The van der Waals surface area contributed by atoms with Gasteiger partial charge in [0, 0.05) is 43.7 Å². The first-order valence-electron chi connectivity index (χ1n) is 8.04. The van der Waals surface area contributed by atoms with Crippen molar-refractivity contribution >= 4 is 16.1 Å². The Balaban J connectivity index is 2.35. The highest BCUT2D eigenvalue weighted by Gasteiger charge is 2.59. The number of azo groups is 1. The molecule has 0 spiro atoms. The minimum absolute atomic E-state index is 0.145. The van der Waals surface area contributed by atoms with E-state index in [1.807, 2.05) is 26.2 Å². The Bertz CT molecular complexity index is 546.